The maximum Gasteiger partial charge on any atom is 0.159 e. The molecule has 2 rings (SSSR count). The van der Waals surface area contributed by atoms with E-state index < -0.39 is 0 Å². The fourth-order valence-corrected chi connectivity index (χ4v) is 1.95. The van der Waals surface area contributed by atoms with Crippen molar-refractivity contribution >= 4 is 0 Å². The number of ether oxygens (including phenoxy) is 2. The van der Waals surface area contributed by atoms with Gasteiger partial charge in [0.05, 0.1) is 0 Å². The van der Waals surface area contributed by atoms with Gasteiger partial charge in [0.1, 0.15) is 6.23 Å². The summed E-state index contributed by atoms with van der Waals surface area (Å²) in [6, 6.07) is 10.3. The Kier molecular flexibility index (Phi) is 4.98. The van der Waals surface area contributed by atoms with E-state index in [-0.39, 0.29) is 12.5 Å². The van der Waals surface area contributed by atoms with E-state index in [1.54, 1.807) is 0 Å². The van der Waals surface area contributed by atoms with Crippen molar-refractivity contribution in [2.24, 2.45) is 0 Å². The zero-order valence-electron chi connectivity index (χ0n) is 10.4. The molecule has 0 aromatic heterocycles. The molecule has 1 heterocycles. The van der Waals surface area contributed by atoms with Crippen LogP contribution in [0, 0.1) is 0 Å². The second kappa shape index (κ2) is 6.74. The van der Waals surface area contributed by atoms with Crippen LogP contribution in [0.3, 0.4) is 0 Å². The van der Waals surface area contributed by atoms with E-state index in [1.165, 1.54) is 12.0 Å². The average molecular weight is 235 g/mol. The molecule has 0 radical (unpaired) electrons. The summed E-state index contributed by atoms with van der Waals surface area (Å²) >= 11 is 0. The summed E-state index contributed by atoms with van der Waals surface area (Å²) in [7, 11) is 0. The maximum atomic E-state index is 5.78. The van der Waals surface area contributed by atoms with Crippen LogP contribution < -0.4 is 5.32 Å². The summed E-state index contributed by atoms with van der Waals surface area (Å²) in [6.07, 6.45) is 3.37. The number of hydrogen-bond acceptors (Lipinski definition) is 3. The third-order valence-corrected chi connectivity index (χ3v) is 2.93. The van der Waals surface area contributed by atoms with Crippen LogP contribution >= 0.6 is 0 Å². The van der Waals surface area contributed by atoms with Crippen molar-refractivity contribution in [3.8, 4) is 0 Å². The molecule has 0 unspecified atom stereocenters. The topological polar surface area (TPSA) is 30.5 Å². The molecule has 0 amide bonds. The molecular formula is C14H21NO2. The molecule has 1 fully saturated rings. The molecule has 0 aliphatic carbocycles. The highest BCUT2D eigenvalue weighted by Crippen LogP contribution is 2.14. The van der Waals surface area contributed by atoms with Gasteiger partial charge >= 0.3 is 0 Å². The lowest BCUT2D eigenvalue weighted by molar-refractivity contribution is -0.190. The second-order valence-electron chi connectivity index (χ2n) is 4.44. The molecule has 1 saturated heterocycles. The molecule has 94 valence electrons. The van der Waals surface area contributed by atoms with E-state index in [2.05, 4.69) is 17.4 Å². The lowest BCUT2D eigenvalue weighted by Crippen LogP contribution is -2.35. The Morgan fingerprint density at radius 1 is 1.35 bits per heavy atom. The minimum absolute atomic E-state index is 0.0259. The van der Waals surface area contributed by atoms with Gasteiger partial charge in [0.15, 0.2) is 6.29 Å². The lowest BCUT2D eigenvalue weighted by Gasteiger charge is -2.26. The lowest BCUT2D eigenvalue weighted by atomic mass is 10.2. The maximum absolute atomic E-state index is 5.78. The number of hydrogen-bond donors (Lipinski definition) is 1. The fraction of sp³-hybridized carbons (Fsp3) is 0.571. The third kappa shape index (κ3) is 4.46. The van der Waals surface area contributed by atoms with Crippen molar-refractivity contribution in [3.05, 3.63) is 35.9 Å². The zero-order chi connectivity index (χ0) is 11.9. The number of nitrogens with one attached hydrogen (secondary N) is 1. The minimum atomic E-state index is -0.0259. The molecule has 0 saturated carbocycles. The van der Waals surface area contributed by atoms with Gasteiger partial charge in [-0.2, -0.15) is 0 Å². The van der Waals surface area contributed by atoms with E-state index in [0.717, 1.165) is 26.0 Å². The van der Waals surface area contributed by atoms with Crippen LogP contribution in [0.2, 0.25) is 0 Å². The third-order valence-electron chi connectivity index (χ3n) is 2.93. The van der Waals surface area contributed by atoms with Crippen molar-refractivity contribution in [1.29, 1.82) is 0 Å². The van der Waals surface area contributed by atoms with Gasteiger partial charge in [-0.3, -0.25) is 5.32 Å². The molecule has 1 aliphatic heterocycles. The van der Waals surface area contributed by atoms with Gasteiger partial charge < -0.3 is 9.47 Å². The molecule has 1 aliphatic rings. The van der Waals surface area contributed by atoms with Gasteiger partial charge in [-0.1, -0.05) is 30.3 Å². The van der Waals surface area contributed by atoms with Crippen molar-refractivity contribution in [2.75, 3.05) is 6.61 Å². The van der Waals surface area contributed by atoms with E-state index in [1.807, 2.05) is 25.1 Å². The Hall–Kier alpha value is -0.900. The van der Waals surface area contributed by atoms with Gasteiger partial charge in [0.2, 0.25) is 0 Å². The standard InChI is InChI=1S/C14H21NO2/c1-12(17-14-9-5-6-10-16-14)15-11-13-7-3-2-4-8-13/h2-4,7-8,12,14-15H,5-6,9-11H2,1H3/t12-,14+/m1/s1. The molecule has 17 heavy (non-hydrogen) atoms. The smallest absolute Gasteiger partial charge is 0.159 e. The van der Waals surface area contributed by atoms with E-state index in [9.17, 15) is 0 Å². The molecule has 1 aromatic rings. The van der Waals surface area contributed by atoms with Crippen LogP contribution in [0.1, 0.15) is 31.7 Å². The largest absolute Gasteiger partial charge is 0.353 e. The van der Waals surface area contributed by atoms with Gasteiger partial charge in [-0.25, -0.2) is 0 Å². The highest BCUT2D eigenvalue weighted by molar-refractivity contribution is 5.14. The Labute approximate surface area is 103 Å². The Morgan fingerprint density at radius 3 is 2.88 bits per heavy atom. The molecule has 1 aromatic carbocycles. The molecule has 3 nitrogen and oxygen atoms in total. The van der Waals surface area contributed by atoms with E-state index >= 15 is 0 Å². The first-order valence-corrected chi connectivity index (χ1v) is 6.39. The normalized spacial score (nSPS) is 22.3. The van der Waals surface area contributed by atoms with Gasteiger partial charge in [0, 0.05) is 13.2 Å². The summed E-state index contributed by atoms with van der Waals surface area (Å²) in [6.45, 7) is 3.69. The summed E-state index contributed by atoms with van der Waals surface area (Å²) in [5, 5.41) is 3.34. The molecular weight excluding hydrogens is 214 g/mol. The Morgan fingerprint density at radius 2 is 2.18 bits per heavy atom. The monoisotopic (exact) mass is 235 g/mol. The van der Waals surface area contributed by atoms with Crippen LogP contribution in [0.5, 0.6) is 0 Å². The first kappa shape index (κ1) is 12.6. The summed E-state index contributed by atoms with van der Waals surface area (Å²) in [5.74, 6) is 0. The van der Waals surface area contributed by atoms with Gasteiger partial charge in [-0.15, -0.1) is 0 Å². The first-order valence-electron chi connectivity index (χ1n) is 6.39. The molecule has 0 bridgehead atoms. The van der Waals surface area contributed by atoms with Crippen LogP contribution in [0.4, 0.5) is 0 Å². The highest BCUT2D eigenvalue weighted by Gasteiger charge is 2.16. The summed E-state index contributed by atoms with van der Waals surface area (Å²) in [4.78, 5) is 0. The van der Waals surface area contributed by atoms with Crippen molar-refractivity contribution in [1.82, 2.24) is 5.32 Å². The minimum Gasteiger partial charge on any atom is -0.353 e. The predicted octanol–water partition coefficient (Wildman–Crippen LogP) is 2.67. The number of rotatable bonds is 5. The highest BCUT2D eigenvalue weighted by atomic mass is 16.7. The van der Waals surface area contributed by atoms with E-state index in [0.29, 0.717) is 0 Å². The van der Waals surface area contributed by atoms with Crippen LogP contribution in [0.15, 0.2) is 30.3 Å². The quantitative estimate of drug-likeness (QED) is 0.796. The summed E-state index contributed by atoms with van der Waals surface area (Å²) < 4.78 is 11.3. The van der Waals surface area contributed by atoms with Crippen molar-refractivity contribution < 1.29 is 9.47 Å². The van der Waals surface area contributed by atoms with Crippen molar-refractivity contribution in [2.45, 2.75) is 45.2 Å². The van der Waals surface area contributed by atoms with Crippen LogP contribution in [-0.2, 0) is 16.0 Å². The Balaban J connectivity index is 1.68. The zero-order valence-corrected chi connectivity index (χ0v) is 10.4. The van der Waals surface area contributed by atoms with Gasteiger partial charge in [-0.05, 0) is 31.7 Å². The Bertz CT molecular complexity index is 309. The van der Waals surface area contributed by atoms with Crippen molar-refractivity contribution in [3.63, 3.8) is 0 Å². The molecule has 2 atom stereocenters. The second-order valence-corrected chi connectivity index (χ2v) is 4.44. The average Bonchev–Trinajstić information content (AvgIpc) is 2.39. The fourth-order valence-electron chi connectivity index (χ4n) is 1.95. The first-order chi connectivity index (χ1) is 8.34. The van der Waals surface area contributed by atoms with Crippen LogP contribution in [0.25, 0.3) is 0 Å². The molecule has 1 N–H and O–H groups in total. The summed E-state index contributed by atoms with van der Waals surface area (Å²) in [5.41, 5.74) is 1.27. The molecule has 0 spiro atoms. The predicted molar refractivity (Wildman–Crippen MR) is 67.4 cm³/mol. The van der Waals surface area contributed by atoms with Crippen LogP contribution in [-0.4, -0.2) is 19.1 Å². The number of benzene rings is 1. The van der Waals surface area contributed by atoms with Gasteiger partial charge in [0.25, 0.3) is 0 Å². The van der Waals surface area contributed by atoms with E-state index in [4.69, 9.17) is 9.47 Å². The SMILES string of the molecule is C[C@H](NCc1ccccc1)O[C@H]1CCCCO1. The molecule has 3 heteroatoms.